The second-order valence-electron chi connectivity index (χ2n) is 3.25. The van der Waals surface area contributed by atoms with Crippen LogP contribution in [0.1, 0.15) is 18.1 Å². The van der Waals surface area contributed by atoms with Crippen LogP contribution in [0, 0.1) is 5.92 Å². The highest BCUT2D eigenvalue weighted by molar-refractivity contribution is 9.11. The lowest BCUT2D eigenvalue weighted by atomic mass is 9.97. The molecular formula is C9H11BrO2S. The second-order valence-corrected chi connectivity index (χ2v) is 5.54. The van der Waals surface area contributed by atoms with Crippen LogP contribution in [0.15, 0.2) is 15.2 Å². The Morgan fingerprint density at radius 2 is 2.54 bits per heavy atom. The summed E-state index contributed by atoms with van der Waals surface area (Å²) in [6.07, 6.45) is 0.610. The monoisotopic (exact) mass is 262 g/mol. The van der Waals surface area contributed by atoms with Gasteiger partial charge in [0, 0.05) is 12.5 Å². The van der Waals surface area contributed by atoms with E-state index in [9.17, 15) is 5.11 Å². The Hall–Kier alpha value is 0.1000. The van der Waals surface area contributed by atoms with Crippen molar-refractivity contribution in [1.29, 1.82) is 0 Å². The highest BCUT2D eigenvalue weighted by Crippen LogP contribution is 2.32. The fraction of sp³-hybridized carbons (Fsp3) is 0.556. The van der Waals surface area contributed by atoms with E-state index in [2.05, 4.69) is 15.9 Å². The van der Waals surface area contributed by atoms with Gasteiger partial charge in [0.15, 0.2) is 0 Å². The van der Waals surface area contributed by atoms with Gasteiger partial charge in [-0.2, -0.15) is 0 Å². The summed E-state index contributed by atoms with van der Waals surface area (Å²) < 4.78 is 6.31. The number of halogens is 1. The molecule has 72 valence electrons. The molecule has 1 saturated heterocycles. The van der Waals surface area contributed by atoms with Crippen LogP contribution in [-0.2, 0) is 4.74 Å². The van der Waals surface area contributed by atoms with Crippen molar-refractivity contribution in [3.63, 3.8) is 0 Å². The zero-order valence-electron chi connectivity index (χ0n) is 7.07. The van der Waals surface area contributed by atoms with Crippen molar-refractivity contribution in [1.82, 2.24) is 0 Å². The molecule has 2 atom stereocenters. The number of hydrogen-bond donors (Lipinski definition) is 1. The zero-order chi connectivity index (χ0) is 9.26. The van der Waals surface area contributed by atoms with Crippen LogP contribution in [0.25, 0.3) is 0 Å². The fourth-order valence-electron chi connectivity index (χ4n) is 1.55. The number of aliphatic hydroxyl groups is 1. The van der Waals surface area contributed by atoms with E-state index < -0.39 is 0 Å². The summed E-state index contributed by atoms with van der Waals surface area (Å²) in [5.74, 6) is 0.279. The average Bonchev–Trinajstić information content (AvgIpc) is 2.72. The van der Waals surface area contributed by atoms with Gasteiger partial charge in [-0.05, 0) is 39.4 Å². The van der Waals surface area contributed by atoms with E-state index in [0.717, 1.165) is 22.4 Å². The van der Waals surface area contributed by atoms with Gasteiger partial charge in [0.2, 0.25) is 0 Å². The van der Waals surface area contributed by atoms with Crippen LogP contribution in [0.3, 0.4) is 0 Å². The van der Waals surface area contributed by atoms with Gasteiger partial charge in [-0.3, -0.25) is 0 Å². The summed E-state index contributed by atoms with van der Waals surface area (Å²) >= 11 is 4.99. The van der Waals surface area contributed by atoms with Crippen molar-refractivity contribution in [2.45, 2.75) is 12.5 Å². The Balaban J connectivity index is 2.07. The van der Waals surface area contributed by atoms with Crippen LogP contribution < -0.4 is 0 Å². The predicted octanol–water partition coefficient (Wildman–Crippen LogP) is 2.58. The molecule has 1 fully saturated rings. The quantitative estimate of drug-likeness (QED) is 0.888. The number of rotatable bonds is 2. The first-order valence-corrected chi connectivity index (χ1v) is 5.94. The van der Waals surface area contributed by atoms with Gasteiger partial charge in [-0.25, -0.2) is 0 Å². The number of thiophene rings is 1. The molecule has 1 aromatic heterocycles. The molecule has 0 aliphatic carbocycles. The summed E-state index contributed by atoms with van der Waals surface area (Å²) in [5.41, 5.74) is 1.01. The summed E-state index contributed by atoms with van der Waals surface area (Å²) in [4.78, 5) is 0. The zero-order valence-corrected chi connectivity index (χ0v) is 9.47. The van der Waals surface area contributed by atoms with Gasteiger partial charge in [0.25, 0.3) is 0 Å². The van der Waals surface area contributed by atoms with Crippen molar-refractivity contribution in [2.75, 3.05) is 13.2 Å². The lowest BCUT2D eigenvalue weighted by Gasteiger charge is -2.14. The molecule has 2 heterocycles. The molecule has 2 rings (SSSR count). The van der Waals surface area contributed by atoms with Crippen LogP contribution in [0.2, 0.25) is 0 Å². The molecular weight excluding hydrogens is 252 g/mol. The molecule has 1 aliphatic rings. The van der Waals surface area contributed by atoms with E-state index in [1.165, 1.54) is 0 Å². The van der Waals surface area contributed by atoms with Crippen molar-refractivity contribution in [3.8, 4) is 0 Å². The Labute approximate surface area is 89.7 Å². The smallest absolute Gasteiger partial charge is 0.0849 e. The van der Waals surface area contributed by atoms with E-state index in [4.69, 9.17) is 4.74 Å². The molecule has 1 aromatic rings. The van der Waals surface area contributed by atoms with E-state index in [-0.39, 0.29) is 12.0 Å². The minimum atomic E-state index is -0.356. The first-order valence-electron chi connectivity index (χ1n) is 4.27. The minimum absolute atomic E-state index is 0.279. The molecule has 0 amide bonds. The van der Waals surface area contributed by atoms with Gasteiger partial charge < -0.3 is 9.84 Å². The molecule has 0 spiro atoms. The van der Waals surface area contributed by atoms with Gasteiger partial charge in [0.05, 0.1) is 16.5 Å². The third-order valence-corrected chi connectivity index (χ3v) is 3.86. The second kappa shape index (κ2) is 4.09. The largest absolute Gasteiger partial charge is 0.388 e. The normalized spacial score (nSPS) is 24.9. The van der Waals surface area contributed by atoms with E-state index in [0.29, 0.717) is 6.61 Å². The number of aliphatic hydroxyl groups excluding tert-OH is 1. The molecule has 1 N–H and O–H groups in total. The molecule has 13 heavy (non-hydrogen) atoms. The molecule has 2 unspecified atom stereocenters. The molecule has 0 radical (unpaired) electrons. The van der Waals surface area contributed by atoms with Crippen molar-refractivity contribution in [2.24, 2.45) is 5.92 Å². The molecule has 2 nitrogen and oxygen atoms in total. The molecule has 0 bridgehead atoms. The van der Waals surface area contributed by atoms with Crippen molar-refractivity contribution < 1.29 is 9.84 Å². The SMILES string of the molecule is OC(c1csc(Br)c1)C1CCOC1. The maximum Gasteiger partial charge on any atom is 0.0849 e. The van der Waals surface area contributed by atoms with Gasteiger partial charge in [0.1, 0.15) is 0 Å². The molecule has 4 heteroatoms. The Kier molecular flexibility index (Phi) is 3.03. The van der Waals surface area contributed by atoms with Gasteiger partial charge in [-0.1, -0.05) is 0 Å². The van der Waals surface area contributed by atoms with Crippen molar-refractivity contribution in [3.05, 3.63) is 20.8 Å². The maximum absolute atomic E-state index is 9.94. The Morgan fingerprint density at radius 3 is 3.08 bits per heavy atom. The van der Waals surface area contributed by atoms with Crippen LogP contribution in [0.5, 0.6) is 0 Å². The van der Waals surface area contributed by atoms with E-state index in [1.54, 1.807) is 11.3 Å². The van der Waals surface area contributed by atoms with Gasteiger partial charge in [-0.15, -0.1) is 11.3 Å². The lowest BCUT2D eigenvalue weighted by Crippen LogP contribution is -2.11. The predicted molar refractivity (Wildman–Crippen MR) is 55.9 cm³/mol. The third kappa shape index (κ3) is 2.13. The first kappa shape index (κ1) is 9.65. The molecule has 1 aliphatic heterocycles. The maximum atomic E-state index is 9.94. The molecule has 0 saturated carbocycles. The highest BCUT2D eigenvalue weighted by atomic mass is 79.9. The van der Waals surface area contributed by atoms with Crippen molar-refractivity contribution >= 4 is 27.3 Å². The summed E-state index contributed by atoms with van der Waals surface area (Å²) in [7, 11) is 0. The van der Waals surface area contributed by atoms with Crippen LogP contribution in [-0.4, -0.2) is 18.3 Å². The van der Waals surface area contributed by atoms with Gasteiger partial charge >= 0.3 is 0 Å². The number of ether oxygens (including phenoxy) is 1. The lowest BCUT2D eigenvalue weighted by molar-refractivity contribution is 0.0921. The summed E-state index contributed by atoms with van der Waals surface area (Å²) in [6, 6.07) is 1.98. The van der Waals surface area contributed by atoms with E-state index >= 15 is 0 Å². The third-order valence-electron chi connectivity index (χ3n) is 2.34. The highest BCUT2D eigenvalue weighted by Gasteiger charge is 2.25. The first-order chi connectivity index (χ1) is 6.27. The molecule has 0 aromatic carbocycles. The number of hydrogen-bond acceptors (Lipinski definition) is 3. The standard InChI is InChI=1S/C9H11BrO2S/c10-8-3-7(5-13-8)9(11)6-1-2-12-4-6/h3,5-6,9,11H,1-2,4H2. The van der Waals surface area contributed by atoms with Crippen LogP contribution >= 0.6 is 27.3 Å². The van der Waals surface area contributed by atoms with Crippen LogP contribution in [0.4, 0.5) is 0 Å². The Bertz CT molecular complexity index is 281. The topological polar surface area (TPSA) is 29.5 Å². The Morgan fingerprint density at radius 1 is 1.69 bits per heavy atom. The minimum Gasteiger partial charge on any atom is -0.388 e. The van der Waals surface area contributed by atoms with E-state index in [1.807, 2.05) is 11.4 Å². The summed E-state index contributed by atoms with van der Waals surface area (Å²) in [6.45, 7) is 1.47. The average molecular weight is 263 g/mol. The fourth-order valence-corrected chi connectivity index (χ4v) is 2.76. The summed E-state index contributed by atoms with van der Waals surface area (Å²) in [5, 5.41) is 11.9.